The highest BCUT2D eigenvalue weighted by molar-refractivity contribution is 6.15. The van der Waals surface area contributed by atoms with E-state index in [4.69, 9.17) is 0 Å². The standard InChI is InChI=1S/C19H20O6/c1-7(2)10-14(21)11-13(18(25)15(10)22)19(4)6-9(20)5-8(3)12(19)17(24)16(11)23/h5,7,21-22,24-25H,6H2,1-4H3/t19-/m0/s1. The Morgan fingerprint density at radius 2 is 1.64 bits per heavy atom. The smallest absolute Gasteiger partial charge is 0.231 e. The average molecular weight is 344 g/mol. The van der Waals surface area contributed by atoms with Gasteiger partial charge in [0.1, 0.15) is 5.75 Å². The summed E-state index contributed by atoms with van der Waals surface area (Å²) in [4.78, 5) is 24.8. The van der Waals surface area contributed by atoms with Crippen LogP contribution in [0.25, 0.3) is 0 Å². The molecule has 0 spiro atoms. The summed E-state index contributed by atoms with van der Waals surface area (Å²) in [5, 5.41) is 42.1. The van der Waals surface area contributed by atoms with E-state index >= 15 is 0 Å². The topological polar surface area (TPSA) is 115 Å². The molecule has 3 rings (SSSR count). The monoisotopic (exact) mass is 344 g/mol. The maximum Gasteiger partial charge on any atom is 0.231 e. The Hall–Kier alpha value is -2.76. The minimum absolute atomic E-state index is 0.0227. The van der Waals surface area contributed by atoms with E-state index in [2.05, 4.69) is 0 Å². The Kier molecular flexibility index (Phi) is 3.49. The minimum Gasteiger partial charge on any atom is -0.507 e. The SMILES string of the molecule is CC1=CC(=O)C[C@@]2(C)C1=C(O)C(=O)c1c(O)c(C(C)C)c(O)c(O)c12. The zero-order valence-corrected chi connectivity index (χ0v) is 14.5. The Balaban J connectivity index is 2.50. The predicted octanol–water partition coefficient (Wildman–Crippen LogP) is 3.11. The van der Waals surface area contributed by atoms with Crippen molar-refractivity contribution in [2.45, 2.75) is 45.4 Å². The number of hydrogen-bond acceptors (Lipinski definition) is 6. The lowest BCUT2D eigenvalue weighted by Gasteiger charge is -2.41. The van der Waals surface area contributed by atoms with Crippen molar-refractivity contribution in [3.63, 3.8) is 0 Å². The molecular weight excluding hydrogens is 324 g/mol. The molecule has 0 amide bonds. The van der Waals surface area contributed by atoms with E-state index in [-0.39, 0.29) is 40.4 Å². The summed E-state index contributed by atoms with van der Waals surface area (Å²) in [7, 11) is 0. The maximum absolute atomic E-state index is 12.7. The highest BCUT2D eigenvalue weighted by Gasteiger charge is 2.50. The number of aromatic hydroxyl groups is 3. The minimum atomic E-state index is -1.22. The molecule has 132 valence electrons. The zero-order chi connectivity index (χ0) is 18.8. The van der Waals surface area contributed by atoms with Crippen LogP contribution in [0.3, 0.4) is 0 Å². The normalized spacial score (nSPS) is 22.8. The number of fused-ring (bicyclic) bond motifs is 3. The molecule has 2 aliphatic rings. The van der Waals surface area contributed by atoms with E-state index in [0.29, 0.717) is 5.57 Å². The number of allylic oxidation sites excluding steroid dienone is 4. The van der Waals surface area contributed by atoms with E-state index < -0.39 is 34.2 Å². The van der Waals surface area contributed by atoms with Crippen molar-refractivity contribution >= 4 is 11.6 Å². The van der Waals surface area contributed by atoms with E-state index in [1.807, 2.05) is 0 Å². The molecule has 0 bridgehead atoms. The summed E-state index contributed by atoms with van der Waals surface area (Å²) in [6, 6.07) is 0. The largest absolute Gasteiger partial charge is 0.507 e. The summed E-state index contributed by atoms with van der Waals surface area (Å²) in [5.41, 5.74) is -0.829. The molecule has 0 aliphatic heterocycles. The number of carbonyl (C=O) groups excluding carboxylic acids is 2. The molecule has 1 aromatic carbocycles. The number of phenols is 3. The number of phenolic OH excluding ortho intramolecular Hbond substituents is 3. The lowest BCUT2D eigenvalue weighted by atomic mass is 9.61. The van der Waals surface area contributed by atoms with Crippen LogP contribution in [0.1, 0.15) is 61.5 Å². The van der Waals surface area contributed by atoms with Crippen LogP contribution < -0.4 is 0 Å². The molecule has 0 heterocycles. The van der Waals surface area contributed by atoms with Crippen molar-refractivity contribution in [1.29, 1.82) is 0 Å². The van der Waals surface area contributed by atoms with E-state index in [1.54, 1.807) is 27.7 Å². The van der Waals surface area contributed by atoms with Crippen molar-refractivity contribution in [1.82, 2.24) is 0 Å². The molecule has 1 atom stereocenters. The van der Waals surface area contributed by atoms with Gasteiger partial charge in [0.25, 0.3) is 0 Å². The van der Waals surface area contributed by atoms with Gasteiger partial charge in [0.2, 0.25) is 5.78 Å². The number of Topliss-reactive ketones (excluding diaryl/α,β-unsaturated/α-hetero) is 1. The van der Waals surface area contributed by atoms with Crippen molar-refractivity contribution in [2.24, 2.45) is 0 Å². The maximum atomic E-state index is 12.7. The van der Waals surface area contributed by atoms with Crippen LogP contribution in [-0.2, 0) is 10.2 Å². The molecule has 0 fully saturated rings. The van der Waals surface area contributed by atoms with Gasteiger partial charge in [-0.1, -0.05) is 20.8 Å². The molecule has 0 saturated heterocycles. The highest BCUT2D eigenvalue weighted by atomic mass is 16.3. The van der Waals surface area contributed by atoms with Crippen molar-refractivity contribution < 1.29 is 30.0 Å². The number of hydrogen-bond donors (Lipinski definition) is 4. The first kappa shape index (κ1) is 17.1. The number of carbonyl (C=O) groups is 2. The van der Waals surface area contributed by atoms with Crippen LogP contribution in [0.5, 0.6) is 17.2 Å². The van der Waals surface area contributed by atoms with Crippen molar-refractivity contribution in [2.75, 3.05) is 0 Å². The number of rotatable bonds is 1. The van der Waals surface area contributed by atoms with Crippen LogP contribution in [0, 0.1) is 0 Å². The fourth-order valence-corrected chi connectivity index (χ4v) is 4.16. The average Bonchev–Trinajstić information content (AvgIpc) is 2.47. The van der Waals surface area contributed by atoms with Gasteiger partial charge in [0.05, 0.1) is 5.56 Å². The first-order chi connectivity index (χ1) is 11.5. The first-order valence-corrected chi connectivity index (χ1v) is 8.03. The van der Waals surface area contributed by atoms with Gasteiger partial charge in [0, 0.05) is 28.5 Å². The van der Waals surface area contributed by atoms with Gasteiger partial charge < -0.3 is 20.4 Å². The van der Waals surface area contributed by atoms with Gasteiger partial charge in [0.15, 0.2) is 23.0 Å². The third-order valence-corrected chi connectivity index (χ3v) is 5.12. The number of benzene rings is 1. The third-order valence-electron chi connectivity index (χ3n) is 5.12. The Morgan fingerprint density at radius 1 is 1.04 bits per heavy atom. The van der Waals surface area contributed by atoms with Gasteiger partial charge in [-0.3, -0.25) is 9.59 Å². The van der Waals surface area contributed by atoms with Crippen molar-refractivity contribution in [3.8, 4) is 17.2 Å². The molecular formula is C19H20O6. The van der Waals surface area contributed by atoms with Crippen LogP contribution in [0.15, 0.2) is 23.0 Å². The third kappa shape index (κ3) is 2.03. The zero-order valence-electron chi connectivity index (χ0n) is 14.5. The van der Waals surface area contributed by atoms with Gasteiger partial charge in [-0.25, -0.2) is 0 Å². The summed E-state index contributed by atoms with van der Waals surface area (Å²) in [6.45, 7) is 6.58. The lowest BCUT2D eigenvalue weighted by molar-refractivity contribution is -0.115. The Labute approximate surface area is 144 Å². The molecule has 0 radical (unpaired) electrons. The molecule has 0 aromatic heterocycles. The Bertz CT molecular complexity index is 903. The fourth-order valence-electron chi connectivity index (χ4n) is 4.16. The quantitative estimate of drug-likeness (QED) is 0.460. The van der Waals surface area contributed by atoms with E-state index in [1.165, 1.54) is 6.08 Å². The van der Waals surface area contributed by atoms with Gasteiger partial charge in [-0.05, 0) is 24.5 Å². The second-order valence-corrected chi connectivity index (χ2v) is 7.22. The molecule has 6 nitrogen and oxygen atoms in total. The number of aliphatic hydroxyl groups is 1. The van der Waals surface area contributed by atoms with Gasteiger partial charge in [-0.15, -0.1) is 0 Å². The van der Waals surface area contributed by atoms with Crippen LogP contribution >= 0.6 is 0 Å². The molecule has 1 aromatic rings. The summed E-state index contributed by atoms with van der Waals surface area (Å²) in [5.74, 6) is -3.52. The second-order valence-electron chi connectivity index (χ2n) is 7.22. The molecule has 4 N–H and O–H groups in total. The van der Waals surface area contributed by atoms with Gasteiger partial charge >= 0.3 is 0 Å². The number of aliphatic hydroxyl groups excluding tert-OH is 1. The Morgan fingerprint density at radius 3 is 2.20 bits per heavy atom. The number of ketones is 2. The van der Waals surface area contributed by atoms with Crippen LogP contribution in [-0.4, -0.2) is 32.0 Å². The summed E-state index contributed by atoms with van der Waals surface area (Å²) in [6.07, 6.45) is 1.24. The molecule has 6 heteroatoms. The predicted molar refractivity (Wildman–Crippen MR) is 90.2 cm³/mol. The lowest BCUT2D eigenvalue weighted by Crippen LogP contribution is -2.39. The molecule has 0 unspecified atom stereocenters. The summed E-state index contributed by atoms with van der Waals surface area (Å²) >= 11 is 0. The highest BCUT2D eigenvalue weighted by Crippen LogP contribution is 2.57. The second kappa shape index (κ2) is 5.12. The van der Waals surface area contributed by atoms with Crippen LogP contribution in [0.2, 0.25) is 0 Å². The summed E-state index contributed by atoms with van der Waals surface area (Å²) < 4.78 is 0. The molecule has 0 saturated carbocycles. The van der Waals surface area contributed by atoms with Crippen LogP contribution in [0.4, 0.5) is 0 Å². The fraction of sp³-hybridized carbons (Fsp3) is 0.368. The van der Waals surface area contributed by atoms with E-state index in [9.17, 15) is 30.0 Å². The van der Waals surface area contributed by atoms with Gasteiger partial charge in [-0.2, -0.15) is 0 Å². The molecule has 2 aliphatic carbocycles. The van der Waals surface area contributed by atoms with E-state index in [0.717, 1.165) is 0 Å². The first-order valence-electron chi connectivity index (χ1n) is 8.03. The molecule has 25 heavy (non-hydrogen) atoms. The van der Waals surface area contributed by atoms with Crippen molar-refractivity contribution in [3.05, 3.63) is 39.7 Å².